The first kappa shape index (κ1) is 12.3. The van der Waals surface area contributed by atoms with Gasteiger partial charge in [-0.05, 0) is 18.2 Å². The van der Waals surface area contributed by atoms with Crippen LogP contribution in [0.2, 0.25) is 0 Å². The van der Waals surface area contributed by atoms with E-state index < -0.39 is 5.91 Å². The Labute approximate surface area is 83.3 Å². The molecule has 0 aliphatic carbocycles. The maximum absolute atomic E-state index is 9.47. The summed E-state index contributed by atoms with van der Waals surface area (Å²) in [6.07, 6.45) is 1.06. The first-order chi connectivity index (χ1) is 6.70. The van der Waals surface area contributed by atoms with E-state index in [0.717, 1.165) is 6.08 Å². The number of primary amides is 1. The van der Waals surface area contributed by atoms with Gasteiger partial charge in [0.25, 0.3) is 0 Å². The van der Waals surface area contributed by atoms with Gasteiger partial charge in [0, 0.05) is 0 Å². The highest BCUT2D eigenvalue weighted by Gasteiger charge is 1.88. The molecule has 0 heterocycles. The second-order valence-corrected chi connectivity index (χ2v) is 2.14. The van der Waals surface area contributed by atoms with E-state index in [-0.39, 0.29) is 0 Å². The van der Waals surface area contributed by atoms with Crippen molar-refractivity contribution in [3.05, 3.63) is 43.0 Å². The number of carbonyl (C=O) groups is 1. The fourth-order valence-corrected chi connectivity index (χ4v) is 0.560. The molecule has 5 heteroatoms. The van der Waals surface area contributed by atoms with E-state index in [1.54, 1.807) is 12.1 Å². The Hall–Kier alpha value is -1.75. The number of hydrogen-bond donors (Lipinski definition) is 2. The zero-order chi connectivity index (χ0) is 10.8. The zero-order valence-electron chi connectivity index (χ0n) is 7.59. The molecule has 0 unspecified atom stereocenters. The molecular formula is C9H11BNO3. The third-order valence-corrected chi connectivity index (χ3v) is 1.13. The molecule has 4 nitrogen and oxygen atoms in total. The SMILES string of the molecule is C=CC(N)=O.O[B]Oc1ccccc1. The van der Waals surface area contributed by atoms with Gasteiger partial charge in [0.15, 0.2) is 0 Å². The van der Waals surface area contributed by atoms with Crippen molar-refractivity contribution < 1.29 is 14.5 Å². The molecule has 1 amide bonds. The van der Waals surface area contributed by atoms with Gasteiger partial charge >= 0.3 is 7.69 Å². The van der Waals surface area contributed by atoms with Crippen molar-refractivity contribution in [2.24, 2.45) is 5.73 Å². The summed E-state index contributed by atoms with van der Waals surface area (Å²) in [5.41, 5.74) is 4.53. The molecule has 1 aromatic carbocycles. The summed E-state index contributed by atoms with van der Waals surface area (Å²) in [6.45, 7) is 3.09. The highest BCUT2D eigenvalue weighted by atomic mass is 16.5. The monoisotopic (exact) mass is 192 g/mol. The Balaban J connectivity index is 0.000000292. The van der Waals surface area contributed by atoms with Crippen LogP contribution in [-0.2, 0) is 4.79 Å². The molecule has 1 rings (SSSR count). The van der Waals surface area contributed by atoms with Gasteiger partial charge in [0.1, 0.15) is 0 Å². The summed E-state index contributed by atoms with van der Waals surface area (Å²) in [7, 11) is 0.662. The van der Waals surface area contributed by atoms with Crippen molar-refractivity contribution in [1.82, 2.24) is 0 Å². The standard InChI is InChI=1S/C6H6BO2.C3H5NO/c8-7-9-6-4-2-1-3-5-6;1-2-3(4)5/h1-5,8H;2H,1H2,(H2,4,5). The van der Waals surface area contributed by atoms with Crippen LogP contribution < -0.4 is 10.4 Å². The lowest BCUT2D eigenvalue weighted by Crippen LogP contribution is -2.04. The average Bonchev–Trinajstić information content (AvgIpc) is 2.21. The highest BCUT2D eigenvalue weighted by Crippen LogP contribution is 2.06. The van der Waals surface area contributed by atoms with E-state index in [1.807, 2.05) is 18.2 Å². The maximum atomic E-state index is 9.47. The van der Waals surface area contributed by atoms with Crippen LogP contribution in [0.4, 0.5) is 0 Å². The lowest BCUT2D eigenvalue weighted by Gasteiger charge is -1.97. The Morgan fingerprint density at radius 1 is 1.50 bits per heavy atom. The molecule has 0 aliphatic heterocycles. The molecule has 73 valence electrons. The van der Waals surface area contributed by atoms with Crippen LogP contribution in [0, 0.1) is 0 Å². The van der Waals surface area contributed by atoms with Crippen LogP contribution in [0.5, 0.6) is 5.75 Å². The van der Waals surface area contributed by atoms with Crippen molar-refractivity contribution in [3.63, 3.8) is 0 Å². The average molecular weight is 192 g/mol. The van der Waals surface area contributed by atoms with Crippen molar-refractivity contribution in [2.75, 3.05) is 0 Å². The minimum absolute atomic E-state index is 0.481. The number of nitrogens with two attached hydrogens (primary N) is 1. The number of benzene rings is 1. The van der Waals surface area contributed by atoms with Crippen LogP contribution in [0.3, 0.4) is 0 Å². The smallest absolute Gasteiger partial charge is 0.537 e. The van der Waals surface area contributed by atoms with Gasteiger partial charge in [0.05, 0.1) is 5.75 Å². The van der Waals surface area contributed by atoms with Gasteiger partial charge in [-0.2, -0.15) is 0 Å². The molecule has 1 radical (unpaired) electrons. The molecule has 0 aliphatic rings. The van der Waals surface area contributed by atoms with Crippen molar-refractivity contribution in [3.8, 4) is 5.75 Å². The molecule has 1 aromatic rings. The Morgan fingerprint density at radius 2 is 2.00 bits per heavy atom. The minimum atomic E-state index is -0.481. The molecule has 0 aromatic heterocycles. The molecule has 0 fully saturated rings. The number of hydrogen-bond acceptors (Lipinski definition) is 3. The Morgan fingerprint density at radius 3 is 2.36 bits per heavy atom. The lowest BCUT2D eigenvalue weighted by molar-refractivity contribution is -0.113. The van der Waals surface area contributed by atoms with Gasteiger partial charge in [-0.1, -0.05) is 24.8 Å². The topological polar surface area (TPSA) is 72.6 Å². The predicted octanol–water partition coefficient (Wildman–Crippen LogP) is 0.250. The van der Waals surface area contributed by atoms with Crippen LogP contribution in [0.1, 0.15) is 0 Å². The summed E-state index contributed by atoms with van der Waals surface area (Å²) in [5, 5.41) is 8.17. The van der Waals surface area contributed by atoms with Gasteiger partial charge in [-0.3, -0.25) is 4.79 Å². The number of amides is 1. The Bertz CT molecular complexity index is 277. The summed E-state index contributed by atoms with van der Waals surface area (Å²) >= 11 is 0. The molecule has 0 atom stereocenters. The number of rotatable bonds is 3. The molecular weight excluding hydrogens is 181 g/mol. The van der Waals surface area contributed by atoms with E-state index in [0.29, 0.717) is 13.4 Å². The van der Waals surface area contributed by atoms with E-state index in [9.17, 15) is 4.79 Å². The summed E-state index contributed by atoms with van der Waals surface area (Å²) < 4.78 is 4.64. The number of carbonyl (C=O) groups excluding carboxylic acids is 1. The van der Waals surface area contributed by atoms with Crippen molar-refractivity contribution in [2.45, 2.75) is 0 Å². The van der Waals surface area contributed by atoms with Crippen LogP contribution >= 0.6 is 0 Å². The van der Waals surface area contributed by atoms with E-state index in [4.69, 9.17) is 5.02 Å². The molecule has 0 saturated heterocycles. The van der Waals surface area contributed by atoms with E-state index in [2.05, 4.69) is 17.0 Å². The van der Waals surface area contributed by atoms with Crippen LogP contribution in [0.15, 0.2) is 43.0 Å². The molecule has 0 bridgehead atoms. The largest absolute Gasteiger partial charge is 0.569 e. The quantitative estimate of drug-likeness (QED) is 0.532. The summed E-state index contributed by atoms with van der Waals surface area (Å²) in [6, 6.07) is 9.06. The van der Waals surface area contributed by atoms with Crippen LogP contribution in [0.25, 0.3) is 0 Å². The molecule has 3 N–H and O–H groups in total. The fourth-order valence-electron chi connectivity index (χ4n) is 0.560. The van der Waals surface area contributed by atoms with Crippen molar-refractivity contribution in [1.29, 1.82) is 0 Å². The predicted molar refractivity (Wildman–Crippen MR) is 54.4 cm³/mol. The van der Waals surface area contributed by atoms with E-state index >= 15 is 0 Å². The Kier molecular flexibility index (Phi) is 6.90. The third kappa shape index (κ3) is 6.93. The first-order valence-corrected chi connectivity index (χ1v) is 3.80. The maximum Gasteiger partial charge on any atom is 0.569 e. The highest BCUT2D eigenvalue weighted by molar-refractivity contribution is 6.17. The minimum Gasteiger partial charge on any atom is -0.537 e. The molecule has 14 heavy (non-hydrogen) atoms. The molecule has 0 saturated carbocycles. The number of para-hydroxylation sites is 1. The van der Waals surface area contributed by atoms with Gasteiger partial charge in [0.2, 0.25) is 5.91 Å². The van der Waals surface area contributed by atoms with E-state index in [1.165, 1.54) is 0 Å². The van der Waals surface area contributed by atoms with Gasteiger partial charge in [-0.15, -0.1) is 0 Å². The third-order valence-electron chi connectivity index (χ3n) is 1.13. The lowest BCUT2D eigenvalue weighted by atomic mass is 10.3. The second-order valence-electron chi connectivity index (χ2n) is 2.14. The second kappa shape index (κ2) is 7.88. The first-order valence-electron chi connectivity index (χ1n) is 3.80. The van der Waals surface area contributed by atoms with Gasteiger partial charge in [-0.25, -0.2) is 0 Å². The van der Waals surface area contributed by atoms with Crippen LogP contribution in [-0.4, -0.2) is 18.6 Å². The normalized spacial score (nSPS) is 7.79. The summed E-state index contributed by atoms with van der Waals surface area (Å²) in [5.74, 6) is 0.157. The summed E-state index contributed by atoms with van der Waals surface area (Å²) in [4.78, 5) is 9.47. The zero-order valence-corrected chi connectivity index (χ0v) is 7.59. The van der Waals surface area contributed by atoms with Gasteiger partial charge < -0.3 is 15.4 Å². The molecule has 0 spiro atoms. The van der Waals surface area contributed by atoms with Crippen molar-refractivity contribution >= 4 is 13.6 Å². The fraction of sp³-hybridized carbons (Fsp3) is 0.